The molecule has 0 aliphatic heterocycles. The maximum absolute atomic E-state index is 3.52. The molecular formula is C28H17N. The van der Waals surface area contributed by atoms with Crippen molar-refractivity contribution in [2.24, 2.45) is 0 Å². The lowest BCUT2D eigenvalue weighted by Gasteiger charge is -2.14. The third-order valence-corrected chi connectivity index (χ3v) is 6.35. The highest BCUT2D eigenvalue weighted by atomic mass is 14.7. The standard InChI is InChI=1S/C28H17N/c1-2-6-20-15-26-24(13-19(20)5-1)25(16-29-26)23-14-21-9-3-7-17-11-12-18-8-4-10-22(23)28(18)27(17)21/h1-16,29H. The topological polar surface area (TPSA) is 15.8 Å². The van der Waals surface area contributed by atoms with Crippen molar-refractivity contribution in [1.82, 2.24) is 4.98 Å². The van der Waals surface area contributed by atoms with Crippen LogP contribution in [0.15, 0.2) is 97.2 Å². The first-order chi connectivity index (χ1) is 14.4. The predicted molar refractivity (Wildman–Crippen MR) is 125 cm³/mol. The van der Waals surface area contributed by atoms with Gasteiger partial charge >= 0.3 is 0 Å². The largest absolute Gasteiger partial charge is 0.361 e. The van der Waals surface area contributed by atoms with Gasteiger partial charge in [0, 0.05) is 22.7 Å². The Hall–Kier alpha value is -3.84. The Bertz CT molecular complexity index is 1700. The second kappa shape index (κ2) is 5.36. The first kappa shape index (κ1) is 15.1. The van der Waals surface area contributed by atoms with Crippen LogP contribution in [0.25, 0.3) is 65.1 Å². The number of nitrogens with one attached hydrogen (secondary N) is 1. The van der Waals surface area contributed by atoms with Gasteiger partial charge in [-0.15, -0.1) is 0 Å². The van der Waals surface area contributed by atoms with E-state index in [-0.39, 0.29) is 0 Å². The van der Waals surface area contributed by atoms with Crippen LogP contribution in [0.4, 0.5) is 0 Å². The maximum Gasteiger partial charge on any atom is 0.0466 e. The van der Waals surface area contributed by atoms with E-state index in [2.05, 4.69) is 102 Å². The van der Waals surface area contributed by atoms with Crippen LogP contribution in [-0.4, -0.2) is 4.98 Å². The van der Waals surface area contributed by atoms with Gasteiger partial charge in [-0.3, -0.25) is 0 Å². The van der Waals surface area contributed by atoms with E-state index in [1.54, 1.807) is 0 Å². The van der Waals surface area contributed by atoms with Crippen molar-refractivity contribution in [3.8, 4) is 11.1 Å². The summed E-state index contributed by atoms with van der Waals surface area (Å²) in [6.07, 6.45) is 2.17. The zero-order chi connectivity index (χ0) is 18.9. The molecule has 1 heterocycles. The molecule has 0 saturated carbocycles. The van der Waals surface area contributed by atoms with Gasteiger partial charge < -0.3 is 4.98 Å². The molecule has 0 bridgehead atoms. The zero-order valence-electron chi connectivity index (χ0n) is 15.7. The Balaban J connectivity index is 1.66. The van der Waals surface area contributed by atoms with E-state index in [1.165, 1.54) is 65.1 Å². The Morgan fingerprint density at radius 1 is 0.448 bits per heavy atom. The van der Waals surface area contributed by atoms with E-state index in [0.717, 1.165) is 0 Å². The van der Waals surface area contributed by atoms with Crippen LogP contribution in [0.1, 0.15) is 0 Å². The van der Waals surface area contributed by atoms with Gasteiger partial charge in [0.05, 0.1) is 0 Å². The van der Waals surface area contributed by atoms with E-state index in [9.17, 15) is 0 Å². The van der Waals surface area contributed by atoms with Crippen LogP contribution in [0.5, 0.6) is 0 Å². The number of aromatic nitrogens is 1. The summed E-state index contributed by atoms with van der Waals surface area (Å²) in [5.41, 5.74) is 3.75. The fourth-order valence-electron chi connectivity index (χ4n) is 5.02. The third kappa shape index (κ3) is 1.99. The molecule has 6 aromatic carbocycles. The highest BCUT2D eigenvalue weighted by Crippen LogP contribution is 2.42. The highest BCUT2D eigenvalue weighted by Gasteiger charge is 2.15. The van der Waals surface area contributed by atoms with E-state index in [1.807, 2.05) is 0 Å². The van der Waals surface area contributed by atoms with Crippen LogP contribution in [0.2, 0.25) is 0 Å². The van der Waals surface area contributed by atoms with Crippen LogP contribution in [0.3, 0.4) is 0 Å². The molecule has 0 radical (unpaired) electrons. The predicted octanol–water partition coefficient (Wildman–Crippen LogP) is 7.89. The molecule has 0 saturated heterocycles. The van der Waals surface area contributed by atoms with Crippen LogP contribution in [-0.2, 0) is 0 Å². The third-order valence-electron chi connectivity index (χ3n) is 6.35. The lowest BCUT2D eigenvalue weighted by molar-refractivity contribution is 1.48. The van der Waals surface area contributed by atoms with Crippen LogP contribution in [0, 0.1) is 0 Å². The van der Waals surface area contributed by atoms with E-state index in [0.29, 0.717) is 0 Å². The smallest absolute Gasteiger partial charge is 0.0466 e. The van der Waals surface area contributed by atoms with E-state index < -0.39 is 0 Å². The van der Waals surface area contributed by atoms with Crippen molar-refractivity contribution in [3.05, 3.63) is 97.2 Å². The van der Waals surface area contributed by atoms with Crippen molar-refractivity contribution < 1.29 is 0 Å². The first-order valence-corrected chi connectivity index (χ1v) is 10.0. The number of hydrogen-bond donors (Lipinski definition) is 1. The van der Waals surface area contributed by atoms with Gasteiger partial charge in [0.25, 0.3) is 0 Å². The summed E-state index contributed by atoms with van der Waals surface area (Å²) in [6.45, 7) is 0. The minimum atomic E-state index is 1.18. The summed E-state index contributed by atoms with van der Waals surface area (Å²) in [5, 5.41) is 11.8. The molecule has 1 nitrogen and oxygen atoms in total. The number of hydrogen-bond acceptors (Lipinski definition) is 0. The number of benzene rings is 6. The van der Waals surface area contributed by atoms with Gasteiger partial charge in [-0.2, -0.15) is 0 Å². The molecule has 0 fully saturated rings. The van der Waals surface area contributed by atoms with Gasteiger partial charge in [-0.05, 0) is 66.9 Å². The van der Waals surface area contributed by atoms with Crippen molar-refractivity contribution in [3.63, 3.8) is 0 Å². The average molecular weight is 367 g/mol. The number of aromatic amines is 1. The molecule has 1 heteroatoms. The molecule has 0 unspecified atom stereocenters. The molecule has 7 aromatic rings. The van der Waals surface area contributed by atoms with Crippen molar-refractivity contribution in [2.75, 3.05) is 0 Å². The van der Waals surface area contributed by atoms with Crippen molar-refractivity contribution in [1.29, 1.82) is 0 Å². The van der Waals surface area contributed by atoms with Crippen molar-refractivity contribution >= 4 is 54.0 Å². The molecule has 1 N–H and O–H groups in total. The number of H-pyrrole nitrogens is 1. The summed E-state index contributed by atoms with van der Waals surface area (Å²) in [4.78, 5) is 3.52. The fourth-order valence-corrected chi connectivity index (χ4v) is 5.02. The van der Waals surface area contributed by atoms with Gasteiger partial charge in [0.1, 0.15) is 0 Å². The Labute approximate surface area is 167 Å². The summed E-state index contributed by atoms with van der Waals surface area (Å²) < 4.78 is 0. The minimum absolute atomic E-state index is 1.18. The Kier molecular flexibility index (Phi) is 2.80. The zero-order valence-corrected chi connectivity index (χ0v) is 15.7. The Morgan fingerprint density at radius 2 is 1.14 bits per heavy atom. The SMILES string of the molecule is c1ccc2cc3c(-c4cc5cccc6ccc7cccc4c7c65)c[nH]c3cc2c1. The summed E-state index contributed by atoms with van der Waals surface area (Å²) >= 11 is 0. The molecule has 1 aromatic heterocycles. The minimum Gasteiger partial charge on any atom is -0.361 e. The lowest BCUT2D eigenvalue weighted by atomic mass is 9.89. The monoisotopic (exact) mass is 367 g/mol. The van der Waals surface area contributed by atoms with Crippen LogP contribution >= 0.6 is 0 Å². The lowest BCUT2D eigenvalue weighted by Crippen LogP contribution is -1.87. The van der Waals surface area contributed by atoms with Gasteiger partial charge in [-0.25, -0.2) is 0 Å². The average Bonchev–Trinajstić information content (AvgIpc) is 3.18. The molecule has 0 aliphatic carbocycles. The molecule has 0 spiro atoms. The maximum atomic E-state index is 3.52. The molecular weight excluding hydrogens is 350 g/mol. The quantitative estimate of drug-likeness (QED) is 0.284. The second-order valence-electron chi connectivity index (χ2n) is 7.92. The van der Waals surface area contributed by atoms with Crippen molar-refractivity contribution in [2.45, 2.75) is 0 Å². The number of fused-ring (bicyclic) bond motifs is 2. The first-order valence-electron chi connectivity index (χ1n) is 10.0. The Morgan fingerprint density at radius 3 is 2.00 bits per heavy atom. The second-order valence-corrected chi connectivity index (χ2v) is 7.92. The summed E-state index contributed by atoms with van der Waals surface area (Å²) in [5.74, 6) is 0. The van der Waals surface area contributed by atoms with Crippen LogP contribution < -0.4 is 0 Å². The molecule has 29 heavy (non-hydrogen) atoms. The van der Waals surface area contributed by atoms with E-state index >= 15 is 0 Å². The summed E-state index contributed by atoms with van der Waals surface area (Å²) in [6, 6.07) is 33.3. The molecule has 0 atom stereocenters. The fraction of sp³-hybridized carbons (Fsp3) is 0. The highest BCUT2D eigenvalue weighted by molar-refractivity contribution is 6.27. The number of rotatable bonds is 1. The normalized spacial score (nSPS) is 12.1. The van der Waals surface area contributed by atoms with E-state index in [4.69, 9.17) is 0 Å². The molecule has 134 valence electrons. The van der Waals surface area contributed by atoms with Gasteiger partial charge in [0.15, 0.2) is 0 Å². The summed E-state index contributed by atoms with van der Waals surface area (Å²) in [7, 11) is 0. The molecule has 0 amide bonds. The van der Waals surface area contributed by atoms with Gasteiger partial charge in [0.2, 0.25) is 0 Å². The molecule has 7 rings (SSSR count). The van der Waals surface area contributed by atoms with Gasteiger partial charge in [-0.1, -0.05) is 72.8 Å². The molecule has 0 aliphatic rings.